The van der Waals surface area contributed by atoms with Crippen LogP contribution in [0.25, 0.3) is 10.9 Å². The number of benzene rings is 1. The molecule has 0 N–H and O–H groups in total. The normalized spacial score (nSPS) is 19.0. The van der Waals surface area contributed by atoms with Gasteiger partial charge in [-0.05, 0) is 36.1 Å². The van der Waals surface area contributed by atoms with Gasteiger partial charge in [0.1, 0.15) is 11.6 Å². The maximum Gasteiger partial charge on any atom is 0.191 e. The van der Waals surface area contributed by atoms with Crippen LogP contribution in [0.1, 0.15) is 17.8 Å². The zero-order valence-electron chi connectivity index (χ0n) is 14.8. The highest BCUT2D eigenvalue weighted by Gasteiger charge is 2.29. The first-order valence-electron chi connectivity index (χ1n) is 8.66. The Morgan fingerprint density at radius 2 is 2.15 bits per heavy atom. The Morgan fingerprint density at radius 3 is 2.93 bits per heavy atom. The minimum Gasteiger partial charge on any atom is -0.309 e. The number of hydrogen-bond acceptors (Lipinski definition) is 6. The summed E-state index contributed by atoms with van der Waals surface area (Å²) in [6, 6.07) is 6.66. The molecule has 2 aromatic heterocycles. The summed E-state index contributed by atoms with van der Waals surface area (Å²) in [6.45, 7) is 0. The highest BCUT2D eigenvalue weighted by atomic mass is 32.2. The van der Waals surface area contributed by atoms with Crippen molar-refractivity contribution in [1.82, 2.24) is 19.7 Å². The molecule has 3 aromatic rings. The minimum absolute atomic E-state index is 0.112. The van der Waals surface area contributed by atoms with Crippen molar-refractivity contribution in [2.45, 2.75) is 23.8 Å². The summed E-state index contributed by atoms with van der Waals surface area (Å²) >= 11 is 1.51. The molecule has 1 aliphatic heterocycles. The van der Waals surface area contributed by atoms with Crippen LogP contribution in [-0.2, 0) is 29.1 Å². The Labute approximate surface area is 161 Å². The summed E-state index contributed by atoms with van der Waals surface area (Å²) in [7, 11) is -1.00. The lowest BCUT2D eigenvalue weighted by molar-refractivity contribution is 0.552. The number of pyridine rings is 1. The van der Waals surface area contributed by atoms with E-state index in [-0.39, 0.29) is 23.2 Å². The second kappa shape index (κ2) is 7.20. The first-order chi connectivity index (χ1) is 12.9. The number of nitrogens with zero attached hydrogens (tertiary/aromatic N) is 4. The van der Waals surface area contributed by atoms with Gasteiger partial charge in [-0.25, -0.2) is 12.8 Å². The number of thioether (sulfide) groups is 1. The lowest BCUT2D eigenvalue weighted by atomic mass is 10.1. The molecule has 6 nitrogen and oxygen atoms in total. The van der Waals surface area contributed by atoms with Crippen LogP contribution < -0.4 is 0 Å². The molecule has 27 heavy (non-hydrogen) atoms. The standard InChI is InChI=1S/C18H19FN4O2S2/c1-23-16(9-12-6-8-27(24,25)11-12)21-22-18(23)26-10-13-4-5-15(19)14-3-2-7-20-17(13)14/h2-5,7,12H,6,8-11H2,1H3. The van der Waals surface area contributed by atoms with Gasteiger partial charge in [0.05, 0.1) is 17.0 Å². The molecule has 1 atom stereocenters. The first kappa shape index (κ1) is 18.4. The van der Waals surface area contributed by atoms with E-state index in [9.17, 15) is 12.8 Å². The van der Waals surface area contributed by atoms with Crippen LogP contribution in [0.5, 0.6) is 0 Å². The average Bonchev–Trinajstić information content (AvgIpc) is 3.17. The Bertz CT molecular complexity index is 1100. The fourth-order valence-corrected chi connectivity index (χ4v) is 6.17. The van der Waals surface area contributed by atoms with Crippen molar-refractivity contribution < 1.29 is 12.8 Å². The van der Waals surface area contributed by atoms with Gasteiger partial charge in [0.25, 0.3) is 0 Å². The molecule has 142 valence electrons. The molecule has 1 aromatic carbocycles. The number of halogens is 1. The third-order valence-corrected chi connectivity index (χ3v) is 7.79. The second-order valence-corrected chi connectivity index (χ2v) is 10.00. The highest BCUT2D eigenvalue weighted by Crippen LogP contribution is 2.28. The summed E-state index contributed by atoms with van der Waals surface area (Å²) in [5, 5.41) is 9.74. The Kier molecular flexibility index (Phi) is 4.90. The van der Waals surface area contributed by atoms with Crippen LogP contribution in [0, 0.1) is 11.7 Å². The first-order valence-corrected chi connectivity index (χ1v) is 11.5. The summed E-state index contributed by atoms with van der Waals surface area (Å²) in [5.41, 5.74) is 1.59. The zero-order valence-corrected chi connectivity index (χ0v) is 16.4. The van der Waals surface area contributed by atoms with Gasteiger partial charge in [-0.15, -0.1) is 10.2 Å². The zero-order chi connectivity index (χ0) is 19.0. The van der Waals surface area contributed by atoms with Crippen molar-refractivity contribution >= 4 is 32.5 Å². The molecule has 0 radical (unpaired) electrons. The van der Waals surface area contributed by atoms with E-state index in [0.29, 0.717) is 29.5 Å². The van der Waals surface area contributed by atoms with Crippen LogP contribution in [0.2, 0.25) is 0 Å². The van der Waals surface area contributed by atoms with E-state index in [2.05, 4.69) is 15.2 Å². The molecule has 4 rings (SSSR count). The van der Waals surface area contributed by atoms with E-state index in [4.69, 9.17) is 0 Å². The quantitative estimate of drug-likeness (QED) is 0.607. The van der Waals surface area contributed by atoms with Gasteiger partial charge in [-0.1, -0.05) is 17.8 Å². The fourth-order valence-electron chi connectivity index (χ4n) is 3.39. The summed E-state index contributed by atoms with van der Waals surface area (Å²) in [6.07, 6.45) is 2.96. The molecule has 1 saturated heterocycles. The van der Waals surface area contributed by atoms with Crippen molar-refractivity contribution in [2.75, 3.05) is 11.5 Å². The average molecular weight is 407 g/mol. The lowest BCUT2D eigenvalue weighted by Crippen LogP contribution is -2.11. The highest BCUT2D eigenvalue weighted by molar-refractivity contribution is 7.98. The van der Waals surface area contributed by atoms with Crippen molar-refractivity contribution in [3.8, 4) is 0 Å². The molecule has 0 saturated carbocycles. The largest absolute Gasteiger partial charge is 0.309 e. The van der Waals surface area contributed by atoms with Crippen LogP contribution in [0.4, 0.5) is 4.39 Å². The van der Waals surface area contributed by atoms with Crippen LogP contribution in [0.15, 0.2) is 35.6 Å². The number of fused-ring (bicyclic) bond motifs is 1. The number of aromatic nitrogens is 4. The molecular formula is C18H19FN4O2S2. The molecule has 1 aliphatic rings. The van der Waals surface area contributed by atoms with Crippen LogP contribution in [0.3, 0.4) is 0 Å². The minimum atomic E-state index is -2.89. The van der Waals surface area contributed by atoms with Gasteiger partial charge >= 0.3 is 0 Å². The van der Waals surface area contributed by atoms with Crippen molar-refractivity contribution in [3.63, 3.8) is 0 Å². The van der Waals surface area contributed by atoms with E-state index in [0.717, 1.165) is 16.5 Å². The molecule has 0 bridgehead atoms. The van der Waals surface area contributed by atoms with E-state index < -0.39 is 9.84 Å². The van der Waals surface area contributed by atoms with Crippen LogP contribution in [-0.4, -0.2) is 39.7 Å². The smallest absolute Gasteiger partial charge is 0.191 e. The van der Waals surface area contributed by atoms with Gasteiger partial charge in [-0.3, -0.25) is 4.98 Å². The van der Waals surface area contributed by atoms with E-state index >= 15 is 0 Å². The van der Waals surface area contributed by atoms with Gasteiger partial charge in [-0.2, -0.15) is 0 Å². The predicted octanol–water partition coefficient (Wildman–Crippen LogP) is 2.77. The van der Waals surface area contributed by atoms with Crippen LogP contribution >= 0.6 is 11.8 Å². The molecule has 1 unspecified atom stereocenters. The van der Waals surface area contributed by atoms with Gasteiger partial charge in [0.15, 0.2) is 15.0 Å². The Balaban J connectivity index is 1.49. The Hall–Kier alpha value is -2.00. The molecule has 0 aliphatic carbocycles. The molecule has 3 heterocycles. The molecule has 9 heteroatoms. The summed E-state index contributed by atoms with van der Waals surface area (Å²) in [5.74, 6) is 1.72. The number of sulfone groups is 1. The molecule has 0 amide bonds. The Morgan fingerprint density at radius 1 is 1.30 bits per heavy atom. The second-order valence-electron chi connectivity index (χ2n) is 6.83. The topological polar surface area (TPSA) is 77.7 Å². The molecule has 1 fully saturated rings. The van der Waals surface area contributed by atoms with Crippen molar-refractivity contribution in [2.24, 2.45) is 13.0 Å². The van der Waals surface area contributed by atoms with Crippen molar-refractivity contribution in [1.29, 1.82) is 0 Å². The van der Waals surface area contributed by atoms with Gasteiger partial charge < -0.3 is 4.57 Å². The molecule has 0 spiro atoms. The molecular weight excluding hydrogens is 387 g/mol. The SMILES string of the molecule is Cn1c(CC2CCS(=O)(=O)C2)nnc1SCc1ccc(F)c2cccnc12. The van der Waals surface area contributed by atoms with E-state index in [1.807, 2.05) is 11.6 Å². The third kappa shape index (κ3) is 3.84. The van der Waals surface area contributed by atoms with Crippen molar-refractivity contribution in [3.05, 3.63) is 47.7 Å². The van der Waals surface area contributed by atoms with E-state index in [1.165, 1.54) is 17.8 Å². The monoisotopic (exact) mass is 406 g/mol. The van der Waals surface area contributed by atoms with Gasteiger partial charge in [0.2, 0.25) is 0 Å². The van der Waals surface area contributed by atoms with E-state index in [1.54, 1.807) is 24.4 Å². The third-order valence-electron chi connectivity index (χ3n) is 4.88. The fraction of sp³-hybridized carbons (Fsp3) is 0.389. The number of rotatable bonds is 5. The maximum absolute atomic E-state index is 13.9. The maximum atomic E-state index is 13.9. The van der Waals surface area contributed by atoms with Gasteiger partial charge in [0, 0.05) is 30.8 Å². The number of hydrogen-bond donors (Lipinski definition) is 0. The summed E-state index contributed by atoms with van der Waals surface area (Å²) < 4.78 is 39.1. The predicted molar refractivity (Wildman–Crippen MR) is 103 cm³/mol. The summed E-state index contributed by atoms with van der Waals surface area (Å²) in [4.78, 5) is 4.31. The lowest BCUT2D eigenvalue weighted by Gasteiger charge is -2.08.